The molecule has 2 N–H and O–H groups in total. The van der Waals surface area contributed by atoms with E-state index in [1.807, 2.05) is 23.5 Å². The lowest BCUT2D eigenvalue weighted by Gasteiger charge is -2.05. The zero-order valence-electron chi connectivity index (χ0n) is 9.82. The SMILES string of the molecule is NC(c1ccco1)c1cc2c(s1)CCCCC2. The molecule has 1 aliphatic rings. The van der Waals surface area contributed by atoms with Crippen molar-refractivity contribution in [3.8, 4) is 0 Å². The van der Waals surface area contributed by atoms with Gasteiger partial charge in [-0.1, -0.05) is 6.42 Å². The number of nitrogens with two attached hydrogens (primary N) is 1. The van der Waals surface area contributed by atoms with Crippen molar-refractivity contribution >= 4 is 11.3 Å². The minimum atomic E-state index is -0.0954. The summed E-state index contributed by atoms with van der Waals surface area (Å²) in [6.07, 6.45) is 8.14. The van der Waals surface area contributed by atoms with Gasteiger partial charge in [-0.05, 0) is 49.4 Å². The molecule has 17 heavy (non-hydrogen) atoms. The molecule has 0 radical (unpaired) electrons. The number of hydrogen-bond acceptors (Lipinski definition) is 3. The number of fused-ring (bicyclic) bond motifs is 1. The van der Waals surface area contributed by atoms with Gasteiger partial charge in [-0.2, -0.15) is 0 Å². The summed E-state index contributed by atoms with van der Waals surface area (Å²) in [4.78, 5) is 2.78. The first-order valence-electron chi connectivity index (χ1n) is 6.25. The van der Waals surface area contributed by atoms with Crippen LogP contribution >= 0.6 is 11.3 Å². The largest absolute Gasteiger partial charge is 0.467 e. The van der Waals surface area contributed by atoms with Gasteiger partial charge in [0, 0.05) is 9.75 Å². The summed E-state index contributed by atoms with van der Waals surface area (Å²) in [5.41, 5.74) is 7.75. The smallest absolute Gasteiger partial charge is 0.125 e. The molecule has 1 atom stereocenters. The highest BCUT2D eigenvalue weighted by atomic mass is 32.1. The molecular formula is C14H17NOS. The third kappa shape index (κ3) is 2.17. The molecule has 2 aromatic heterocycles. The van der Waals surface area contributed by atoms with E-state index in [0.29, 0.717) is 0 Å². The predicted molar refractivity (Wildman–Crippen MR) is 70.3 cm³/mol. The number of aryl methyl sites for hydroxylation is 2. The van der Waals surface area contributed by atoms with Crippen molar-refractivity contribution < 1.29 is 4.42 Å². The lowest BCUT2D eigenvalue weighted by atomic mass is 10.1. The highest BCUT2D eigenvalue weighted by molar-refractivity contribution is 7.12. The molecule has 0 aliphatic heterocycles. The van der Waals surface area contributed by atoms with Crippen LogP contribution in [0.25, 0.3) is 0 Å². The van der Waals surface area contributed by atoms with Crippen molar-refractivity contribution in [1.82, 2.24) is 0 Å². The molecule has 2 aromatic rings. The Morgan fingerprint density at radius 2 is 2.12 bits per heavy atom. The molecule has 0 fully saturated rings. The van der Waals surface area contributed by atoms with Crippen LogP contribution in [0.4, 0.5) is 0 Å². The second kappa shape index (κ2) is 4.67. The van der Waals surface area contributed by atoms with E-state index in [1.165, 1.54) is 42.5 Å². The second-order valence-corrected chi connectivity index (χ2v) is 5.82. The van der Waals surface area contributed by atoms with Crippen LogP contribution in [0.3, 0.4) is 0 Å². The van der Waals surface area contributed by atoms with E-state index in [4.69, 9.17) is 10.2 Å². The summed E-state index contributed by atoms with van der Waals surface area (Å²) in [6, 6.07) is 6.05. The monoisotopic (exact) mass is 247 g/mol. The molecule has 0 amide bonds. The Bertz CT molecular complexity index is 463. The molecule has 0 bridgehead atoms. The van der Waals surface area contributed by atoms with Crippen LogP contribution in [0, 0.1) is 0 Å². The molecule has 1 unspecified atom stereocenters. The molecule has 1 aliphatic carbocycles. The molecule has 90 valence electrons. The Balaban J connectivity index is 1.89. The average Bonchev–Trinajstić information content (AvgIpc) is 2.95. The van der Waals surface area contributed by atoms with Crippen LogP contribution in [-0.4, -0.2) is 0 Å². The standard InChI is InChI=1S/C14H17NOS/c15-14(11-6-4-8-16-11)13-9-10-5-2-1-3-7-12(10)17-13/h4,6,8-9,14H,1-3,5,7,15H2. The zero-order valence-corrected chi connectivity index (χ0v) is 10.6. The molecular weight excluding hydrogens is 230 g/mol. The van der Waals surface area contributed by atoms with Crippen molar-refractivity contribution in [3.63, 3.8) is 0 Å². The van der Waals surface area contributed by atoms with Crippen molar-refractivity contribution in [3.05, 3.63) is 45.5 Å². The van der Waals surface area contributed by atoms with Gasteiger partial charge in [-0.15, -0.1) is 11.3 Å². The maximum Gasteiger partial charge on any atom is 0.125 e. The van der Waals surface area contributed by atoms with Gasteiger partial charge >= 0.3 is 0 Å². The summed E-state index contributed by atoms with van der Waals surface area (Å²) in [7, 11) is 0. The van der Waals surface area contributed by atoms with Gasteiger partial charge in [0.05, 0.1) is 12.3 Å². The first-order chi connectivity index (χ1) is 8.34. The van der Waals surface area contributed by atoms with Crippen molar-refractivity contribution in [2.45, 2.75) is 38.1 Å². The maximum absolute atomic E-state index is 6.23. The number of hydrogen-bond donors (Lipinski definition) is 1. The van der Waals surface area contributed by atoms with Gasteiger partial charge in [0.15, 0.2) is 0 Å². The van der Waals surface area contributed by atoms with Crippen LogP contribution in [0.1, 0.15) is 46.4 Å². The van der Waals surface area contributed by atoms with Gasteiger partial charge in [-0.25, -0.2) is 0 Å². The first kappa shape index (κ1) is 11.1. The number of furan rings is 1. The summed E-state index contributed by atoms with van der Waals surface area (Å²) < 4.78 is 5.39. The Morgan fingerprint density at radius 3 is 2.94 bits per heavy atom. The highest BCUT2D eigenvalue weighted by Crippen LogP contribution is 2.33. The summed E-state index contributed by atoms with van der Waals surface area (Å²) >= 11 is 1.87. The molecule has 0 saturated carbocycles. The molecule has 0 aromatic carbocycles. The highest BCUT2D eigenvalue weighted by Gasteiger charge is 2.18. The molecule has 0 saturated heterocycles. The summed E-state index contributed by atoms with van der Waals surface area (Å²) in [5.74, 6) is 0.862. The second-order valence-electron chi connectivity index (χ2n) is 4.65. The van der Waals surface area contributed by atoms with Crippen LogP contribution in [-0.2, 0) is 12.8 Å². The van der Waals surface area contributed by atoms with Gasteiger partial charge in [0.2, 0.25) is 0 Å². The van der Waals surface area contributed by atoms with E-state index in [2.05, 4.69) is 6.07 Å². The van der Waals surface area contributed by atoms with Crippen molar-refractivity contribution in [2.24, 2.45) is 5.73 Å². The van der Waals surface area contributed by atoms with Gasteiger partial charge in [-0.3, -0.25) is 0 Å². The van der Waals surface area contributed by atoms with E-state index in [1.54, 1.807) is 11.1 Å². The quantitative estimate of drug-likeness (QED) is 0.823. The molecule has 3 rings (SSSR count). The Labute approximate surface area is 105 Å². The molecule has 2 nitrogen and oxygen atoms in total. The Hall–Kier alpha value is -1.06. The van der Waals surface area contributed by atoms with Crippen LogP contribution < -0.4 is 5.73 Å². The molecule has 3 heteroatoms. The van der Waals surface area contributed by atoms with E-state index >= 15 is 0 Å². The number of thiophene rings is 1. The lowest BCUT2D eigenvalue weighted by Crippen LogP contribution is -2.08. The minimum absolute atomic E-state index is 0.0954. The van der Waals surface area contributed by atoms with E-state index in [-0.39, 0.29) is 6.04 Å². The van der Waals surface area contributed by atoms with E-state index < -0.39 is 0 Å². The maximum atomic E-state index is 6.23. The van der Waals surface area contributed by atoms with Crippen LogP contribution in [0.15, 0.2) is 28.9 Å². The lowest BCUT2D eigenvalue weighted by molar-refractivity contribution is 0.492. The van der Waals surface area contributed by atoms with Gasteiger partial charge < -0.3 is 10.2 Å². The fourth-order valence-electron chi connectivity index (χ4n) is 2.45. The fraction of sp³-hybridized carbons (Fsp3) is 0.429. The molecule has 0 spiro atoms. The minimum Gasteiger partial charge on any atom is -0.467 e. The average molecular weight is 247 g/mol. The van der Waals surface area contributed by atoms with Crippen molar-refractivity contribution in [2.75, 3.05) is 0 Å². The van der Waals surface area contributed by atoms with Crippen molar-refractivity contribution in [1.29, 1.82) is 0 Å². The third-order valence-electron chi connectivity index (χ3n) is 3.42. The number of rotatable bonds is 2. The predicted octanol–water partition coefficient (Wildman–Crippen LogP) is 3.66. The third-order valence-corrected chi connectivity index (χ3v) is 4.74. The van der Waals surface area contributed by atoms with Crippen LogP contribution in [0.2, 0.25) is 0 Å². The van der Waals surface area contributed by atoms with E-state index in [9.17, 15) is 0 Å². The first-order valence-corrected chi connectivity index (χ1v) is 7.07. The molecule has 2 heterocycles. The Kier molecular flexibility index (Phi) is 3.04. The normalized spacial score (nSPS) is 17.5. The van der Waals surface area contributed by atoms with E-state index in [0.717, 1.165) is 5.76 Å². The summed E-state index contributed by atoms with van der Waals surface area (Å²) in [6.45, 7) is 0. The topological polar surface area (TPSA) is 39.2 Å². The van der Waals surface area contributed by atoms with Crippen LogP contribution in [0.5, 0.6) is 0 Å². The van der Waals surface area contributed by atoms with Gasteiger partial charge in [0.1, 0.15) is 5.76 Å². The fourth-order valence-corrected chi connectivity index (χ4v) is 3.72. The Morgan fingerprint density at radius 1 is 1.24 bits per heavy atom. The summed E-state index contributed by atoms with van der Waals surface area (Å²) in [5, 5.41) is 0. The zero-order chi connectivity index (χ0) is 11.7. The van der Waals surface area contributed by atoms with Gasteiger partial charge in [0.25, 0.3) is 0 Å².